The lowest BCUT2D eigenvalue weighted by Gasteiger charge is -2.21. The van der Waals surface area contributed by atoms with Crippen LogP contribution in [0, 0.1) is 0 Å². The lowest BCUT2D eigenvalue weighted by molar-refractivity contribution is -0.0174. The van der Waals surface area contributed by atoms with E-state index in [0.717, 1.165) is 25.9 Å². The van der Waals surface area contributed by atoms with Gasteiger partial charge in [0, 0.05) is 29.7 Å². The van der Waals surface area contributed by atoms with Crippen LogP contribution in [0.4, 0.5) is 8.78 Å². The summed E-state index contributed by atoms with van der Waals surface area (Å²) in [7, 11) is 0. The van der Waals surface area contributed by atoms with E-state index in [-0.39, 0.29) is 6.54 Å². The van der Waals surface area contributed by atoms with Gasteiger partial charge in [-0.1, -0.05) is 11.6 Å². The topological polar surface area (TPSA) is 67.4 Å². The molecule has 0 aliphatic carbocycles. The highest BCUT2D eigenvalue weighted by Crippen LogP contribution is 2.21. The second-order valence-corrected chi connectivity index (χ2v) is 6.71. The molecule has 2 aromatic heterocycles. The molecule has 0 spiro atoms. The minimum Gasteiger partial charge on any atom is -0.404 e. The van der Waals surface area contributed by atoms with Crippen LogP contribution in [0.25, 0.3) is 16.6 Å². The lowest BCUT2D eigenvalue weighted by atomic mass is 10.1. The average Bonchev–Trinajstić information content (AvgIpc) is 3.10. The van der Waals surface area contributed by atoms with Crippen molar-refractivity contribution in [1.82, 2.24) is 14.9 Å². The van der Waals surface area contributed by atoms with Crippen molar-refractivity contribution in [3.63, 3.8) is 0 Å². The molecular formula is C18H20ClF2N5. The first-order valence-corrected chi connectivity index (χ1v) is 8.79. The number of nitrogens with zero attached hydrogens (tertiary/aromatic N) is 4. The van der Waals surface area contributed by atoms with Crippen molar-refractivity contribution >= 4 is 34.4 Å². The molecule has 3 heterocycles. The quantitative estimate of drug-likeness (QED) is 0.617. The molecule has 0 amide bonds. The number of fused-ring (bicyclic) bond motifs is 1. The molecule has 3 rings (SSSR count). The van der Waals surface area contributed by atoms with Gasteiger partial charge in [0.2, 0.25) is 0 Å². The third-order valence-electron chi connectivity index (χ3n) is 4.22. The molecule has 1 aliphatic heterocycles. The number of pyridine rings is 2. The number of hydrogen-bond acceptors (Lipinski definition) is 5. The highest BCUT2D eigenvalue weighted by atomic mass is 35.5. The number of hydrogen-bond donors (Lipinski definition) is 1. The molecule has 0 aromatic carbocycles. The first-order chi connectivity index (χ1) is 12.5. The first-order valence-electron chi connectivity index (χ1n) is 8.41. The fourth-order valence-corrected chi connectivity index (χ4v) is 3.10. The normalized spacial score (nSPS) is 16.8. The average molecular weight is 380 g/mol. The molecule has 0 unspecified atom stereocenters. The maximum absolute atomic E-state index is 14.0. The van der Waals surface area contributed by atoms with Crippen molar-refractivity contribution in [2.24, 2.45) is 10.7 Å². The monoisotopic (exact) mass is 379 g/mol. The second kappa shape index (κ2) is 8.05. The molecule has 1 aliphatic rings. The van der Waals surface area contributed by atoms with Crippen LogP contribution in [0.15, 0.2) is 35.6 Å². The van der Waals surface area contributed by atoms with Crippen molar-refractivity contribution < 1.29 is 8.78 Å². The smallest absolute Gasteiger partial charge is 0.279 e. The summed E-state index contributed by atoms with van der Waals surface area (Å²) in [6.45, 7) is 0.620. The highest BCUT2D eigenvalue weighted by Gasteiger charge is 2.32. The Labute approximate surface area is 155 Å². The number of halogens is 3. The minimum absolute atomic E-state index is 0.258. The van der Waals surface area contributed by atoms with Crippen LogP contribution < -0.4 is 5.73 Å². The van der Waals surface area contributed by atoms with Gasteiger partial charge in [-0.15, -0.1) is 0 Å². The fourth-order valence-electron chi connectivity index (χ4n) is 2.95. The van der Waals surface area contributed by atoms with Gasteiger partial charge in [0.15, 0.2) is 0 Å². The fraction of sp³-hybridized carbons (Fsp3) is 0.389. The predicted octanol–water partition coefficient (Wildman–Crippen LogP) is 3.38. The molecule has 2 N–H and O–H groups in total. The number of nitrogens with two attached hydrogens (primary N) is 1. The van der Waals surface area contributed by atoms with E-state index >= 15 is 0 Å². The Balaban J connectivity index is 1.69. The maximum Gasteiger partial charge on any atom is 0.279 e. The van der Waals surface area contributed by atoms with E-state index in [1.54, 1.807) is 29.3 Å². The summed E-state index contributed by atoms with van der Waals surface area (Å²) in [5.41, 5.74) is 8.06. The van der Waals surface area contributed by atoms with E-state index in [2.05, 4.69) is 15.0 Å². The summed E-state index contributed by atoms with van der Waals surface area (Å²) in [5.74, 6) is -2.86. The zero-order valence-corrected chi connectivity index (χ0v) is 15.0. The third kappa shape index (κ3) is 4.74. The van der Waals surface area contributed by atoms with Crippen LogP contribution in [0.5, 0.6) is 0 Å². The summed E-state index contributed by atoms with van der Waals surface area (Å²) < 4.78 is 28.1. The highest BCUT2D eigenvalue weighted by molar-refractivity contribution is 6.29. The van der Waals surface area contributed by atoms with Gasteiger partial charge in [-0.25, -0.2) is 13.8 Å². The molecule has 1 fully saturated rings. The van der Waals surface area contributed by atoms with Gasteiger partial charge in [-0.2, -0.15) is 0 Å². The Kier molecular flexibility index (Phi) is 5.78. The summed E-state index contributed by atoms with van der Waals surface area (Å²) in [6.07, 6.45) is 6.23. The van der Waals surface area contributed by atoms with E-state index in [4.69, 9.17) is 17.3 Å². The lowest BCUT2D eigenvalue weighted by Crippen LogP contribution is -2.37. The van der Waals surface area contributed by atoms with E-state index < -0.39 is 12.5 Å². The molecule has 0 bridgehead atoms. The van der Waals surface area contributed by atoms with Gasteiger partial charge in [0.1, 0.15) is 11.7 Å². The molecule has 0 radical (unpaired) electrons. The van der Waals surface area contributed by atoms with E-state index in [1.807, 2.05) is 0 Å². The molecule has 26 heavy (non-hydrogen) atoms. The van der Waals surface area contributed by atoms with Gasteiger partial charge in [-0.3, -0.25) is 14.9 Å². The summed E-state index contributed by atoms with van der Waals surface area (Å²) in [6, 6.07) is 5.16. The zero-order chi connectivity index (χ0) is 18.6. The van der Waals surface area contributed by atoms with Crippen LogP contribution in [-0.2, 0) is 0 Å². The number of rotatable bonds is 6. The zero-order valence-electron chi connectivity index (χ0n) is 14.2. The Bertz CT molecular complexity index is 831. The van der Waals surface area contributed by atoms with E-state index in [9.17, 15) is 8.78 Å². The van der Waals surface area contributed by atoms with Crippen LogP contribution in [0.2, 0.25) is 5.15 Å². The number of alkyl halides is 2. The van der Waals surface area contributed by atoms with Crippen LogP contribution in [0.3, 0.4) is 0 Å². The van der Waals surface area contributed by atoms with Crippen molar-refractivity contribution in [2.45, 2.75) is 18.8 Å². The van der Waals surface area contributed by atoms with Gasteiger partial charge in [-0.05, 0) is 44.1 Å². The summed E-state index contributed by atoms with van der Waals surface area (Å²) in [5, 5.41) is 0.352. The summed E-state index contributed by atoms with van der Waals surface area (Å²) >= 11 is 5.90. The molecule has 138 valence electrons. The molecule has 1 saturated heterocycles. The predicted molar refractivity (Wildman–Crippen MR) is 101 cm³/mol. The Morgan fingerprint density at radius 2 is 2.08 bits per heavy atom. The Hall–Kier alpha value is -2.12. The van der Waals surface area contributed by atoms with Gasteiger partial charge in [0.25, 0.3) is 5.92 Å². The first kappa shape index (κ1) is 18.7. The molecule has 2 aromatic rings. The Morgan fingerprint density at radius 3 is 2.81 bits per heavy atom. The number of likely N-dealkylation sites (tertiary alicyclic amines) is 1. The van der Waals surface area contributed by atoms with Crippen LogP contribution in [-0.4, -0.2) is 53.2 Å². The van der Waals surface area contributed by atoms with Crippen molar-refractivity contribution in [1.29, 1.82) is 0 Å². The largest absolute Gasteiger partial charge is 0.404 e. The second-order valence-electron chi connectivity index (χ2n) is 6.33. The van der Waals surface area contributed by atoms with E-state index in [0.29, 0.717) is 27.3 Å². The Morgan fingerprint density at radius 1 is 1.31 bits per heavy atom. The molecule has 5 nitrogen and oxygen atoms in total. The summed E-state index contributed by atoms with van der Waals surface area (Å²) in [4.78, 5) is 14.2. The SMILES string of the molecule is NC=C(C=NCC(F)(F)CN1CCCC1)c1cnc2ccc(Cl)nc2c1. The molecular weight excluding hydrogens is 360 g/mol. The molecule has 0 saturated carbocycles. The maximum atomic E-state index is 14.0. The van der Waals surface area contributed by atoms with E-state index in [1.165, 1.54) is 12.4 Å². The molecule has 8 heteroatoms. The number of aromatic nitrogens is 2. The standard InChI is InChI=1S/C18H20ClF2N5/c19-17-4-3-15-16(25-17)7-13(10-24-15)14(8-22)9-23-11-18(20,21)12-26-5-1-2-6-26/h3-4,7-10H,1-2,5-6,11-12,22H2. The van der Waals surface area contributed by atoms with Gasteiger partial charge < -0.3 is 5.73 Å². The third-order valence-corrected chi connectivity index (χ3v) is 4.43. The number of allylic oxidation sites excluding steroid dienone is 1. The van der Waals surface area contributed by atoms with Crippen molar-refractivity contribution in [3.05, 3.63) is 41.3 Å². The van der Waals surface area contributed by atoms with Gasteiger partial charge >= 0.3 is 0 Å². The van der Waals surface area contributed by atoms with Crippen molar-refractivity contribution in [2.75, 3.05) is 26.2 Å². The van der Waals surface area contributed by atoms with Crippen LogP contribution in [0.1, 0.15) is 18.4 Å². The van der Waals surface area contributed by atoms with Crippen LogP contribution >= 0.6 is 11.6 Å². The molecule has 0 atom stereocenters. The van der Waals surface area contributed by atoms with Gasteiger partial charge in [0.05, 0.1) is 17.6 Å². The number of aliphatic imine (C=N–C) groups is 1. The van der Waals surface area contributed by atoms with Crippen molar-refractivity contribution in [3.8, 4) is 0 Å². The minimum atomic E-state index is -2.86.